The van der Waals surface area contributed by atoms with Crippen molar-refractivity contribution in [2.45, 2.75) is 25.3 Å². The Hall–Kier alpha value is -3.95. The Morgan fingerprint density at radius 3 is 2.94 bits per heavy atom. The maximum atomic E-state index is 14.2. The predicted molar refractivity (Wildman–Crippen MR) is 110 cm³/mol. The van der Waals surface area contributed by atoms with E-state index in [9.17, 15) is 13.6 Å². The van der Waals surface area contributed by atoms with Gasteiger partial charge in [0.1, 0.15) is 23.1 Å². The van der Waals surface area contributed by atoms with E-state index >= 15 is 0 Å². The number of benzene rings is 1. The summed E-state index contributed by atoms with van der Waals surface area (Å²) in [6.45, 7) is 2.26. The molecular formula is C22H16F2N6O2. The van der Waals surface area contributed by atoms with Crippen LogP contribution in [-0.2, 0) is 16.8 Å². The molecular weight excluding hydrogens is 418 g/mol. The van der Waals surface area contributed by atoms with Gasteiger partial charge in [0, 0.05) is 12.0 Å². The molecule has 0 bridgehead atoms. The molecule has 8 nitrogen and oxygen atoms in total. The van der Waals surface area contributed by atoms with Crippen LogP contribution >= 0.6 is 0 Å². The number of ether oxygens (including phenoxy) is 1. The zero-order valence-corrected chi connectivity index (χ0v) is 16.9. The van der Waals surface area contributed by atoms with Crippen molar-refractivity contribution in [3.8, 4) is 17.4 Å². The summed E-state index contributed by atoms with van der Waals surface area (Å²) in [6.07, 6.45) is 1.60. The summed E-state index contributed by atoms with van der Waals surface area (Å²) >= 11 is 0. The Morgan fingerprint density at radius 2 is 2.09 bits per heavy atom. The van der Waals surface area contributed by atoms with Gasteiger partial charge < -0.3 is 10.1 Å². The Bertz CT molecular complexity index is 1440. The minimum absolute atomic E-state index is 0.0882. The number of halogens is 2. The fraction of sp³-hybridized carbons (Fsp3) is 0.227. The molecule has 3 aromatic heterocycles. The molecule has 1 aromatic carbocycles. The highest BCUT2D eigenvalue weighted by Gasteiger charge is 2.49. The van der Waals surface area contributed by atoms with Gasteiger partial charge in [-0.3, -0.25) is 4.79 Å². The number of rotatable bonds is 3. The molecule has 1 amide bonds. The van der Waals surface area contributed by atoms with Crippen LogP contribution in [0.15, 0.2) is 36.5 Å². The fourth-order valence-electron chi connectivity index (χ4n) is 4.29. The number of nitrogens with one attached hydrogen (secondary N) is 1. The highest BCUT2D eigenvalue weighted by Crippen LogP contribution is 2.47. The number of carbonyl (C=O) groups is 1. The minimum Gasteiger partial charge on any atom is -0.477 e. The SMILES string of the molecule is C[C@@]12CCOc3nc(-c4nn(Cc5ccccc5F)c5ncc(F)cc45)nc(c31)NC2=O. The number of carbonyl (C=O) groups excluding carboxylic acids is 1. The molecule has 10 heteroatoms. The zero-order valence-electron chi connectivity index (χ0n) is 16.9. The normalized spacial score (nSPS) is 19.0. The van der Waals surface area contributed by atoms with E-state index in [2.05, 4.69) is 25.4 Å². The van der Waals surface area contributed by atoms with Crippen molar-refractivity contribution in [2.75, 3.05) is 11.9 Å². The first kappa shape index (κ1) is 18.8. The number of aromatic nitrogens is 5. The van der Waals surface area contributed by atoms with E-state index in [4.69, 9.17) is 4.74 Å². The van der Waals surface area contributed by atoms with Gasteiger partial charge in [0.15, 0.2) is 11.5 Å². The van der Waals surface area contributed by atoms with Crippen LogP contribution < -0.4 is 10.1 Å². The number of pyridine rings is 1. The van der Waals surface area contributed by atoms with E-state index in [1.807, 2.05) is 6.92 Å². The summed E-state index contributed by atoms with van der Waals surface area (Å²) in [5.41, 5.74) is 0.904. The smallest absolute Gasteiger partial charge is 0.236 e. The number of nitrogens with zero attached hydrogens (tertiary/aromatic N) is 5. The lowest BCUT2D eigenvalue weighted by Gasteiger charge is -2.27. The molecule has 1 atom stereocenters. The minimum atomic E-state index is -0.749. The zero-order chi connectivity index (χ0) is 22.0. The fourth-order valence-corrected chi connectivity index (χ4v) is 4.29. The molecule has 0 radical (unpaired) electrons. The third kappa shape index (κ3) is 2.62. The molecule has 6 rings (SSSR count). The van der Waals surface area contributed by atoms with Gasteiger partial charge in [-0.1, -0.05) is 18.2 Å². The van der Waals surface area contributed by atoms with E-state index < -0.39 is 11.2 Å². The number of hydrogen-bond donors (Lipinski definition) is 1. The molecule has 2 aliphatic heterocycles. The summed E-state index contributed by atoms with van der Waals surface area (Å²) < 4.78 is 35.5. The van der Waals surface area contributed by atoms with Gasteiger partial charge in [-0.25, -0.2) is 23.4 Å². The van der Waals surface area contributed by atoms with Crippen molar-refractivity contribution >= 4 is 22.8 Å². The van der Waals surface area contributed by atoms with Gasteiger partial charge in [0.2, 0.25) is 11.8 Å². The topological polar surface area (TPSA) is 94.8 Å². The van der Waals surface area contributed by atoms with Crippen LogP contribution in [-0.4, -0.2) is 37.2 Å². The lowest BCUT2D eigenvalue weighted by molar-refractivity contribution is -0.121. The Labute approximate surface area is 180 Å². The third-order valence-electron chi connectivity index (χ3n) is 6.04. The average molecular weight is 434 g/mol. The van der Waals surface area contributed by atoms with Gasteiger partial charge >= 0.3 is 0 Å². The largest absolute Gasteiger partial charge is 0.477 e. The van der Waals surface area contributed by atoms with Crippen LogP contribution in [0.2, 0.25) is 0 Å². The second kappa shape index (κ2) is 6.52. The number of amides is 1. The summed E-state index contributed by atoms with van der Waals surface area (Å²) in [5.74, 6) is -0.269. The Kier molecular flexibility index (Phi) is 3.83. The summed E-state index contributed by atoms with van der Waals surface area (Å²) in [6, 6.07) is 7.62. The van der Waals surface area contributed by atoms with Crippen molar-refractivity contribution < 1.29 is 18.3 Å². The average Bonchev–Trinajstić information content (AvgIpc) is 3.25. The molecule has 0 spiro atoms. The van der Waals surface area contributed by atoms with Gasteiger partial charge in [-0.15, -0.1) is 0 Å². The molecule has 32 heavy (non-hydrogen) atoms. The maximum absolute atomic E-state index is 14.2. The van der Waals surface area contributed by atoms with E-state index in [-0.39, 0.29) is 29.8 Å². The summed E-state index contributed by atoms with van der Waals surface area (Å²) in [7, 11) is 0. The molecule has 5 heterocycles. The van der Waals surface area contributed by atoms with Crippen LogP contribution in [0.5, 0.6) is 5.88 Å². The second-order valence-electron chi connectivity index (χ2n) is 8.08. The van der Waals surface area contributed by atoms with Crippen molar-refractivity contribution in [2.24, 2.45) is 0 Å². The molecule has 0 aliphatic carbocycles. The van der Waals surface area contributed by atoms with Crippen molar-refractivity contribution in [1.29, 1.82) is 0 Å². The van der Waals surface area contributed by atoms with Crippen LogP contribution in [0.25, 0.3) is 22.6 Å². The maximum Gasteiger partial charge on any atom is 0.236 e. The van der Waals surface area contributed by atoms with Crippen molar-refractivity contribution in [3.63, 3.8) is 0 Å². The third-order valence-corrected chi connectivity index (χ3v) is 6.04. The number of anilines is 1. The van der Waals surface area contributed by atoms with Gasteiger partial charge in [0.25, 0.3) is 0 Å². The highest BCUT2D eigenvalue weighted by atomic mass is 19.1. The van der Waals surface area contributed by atoms with E-state index in [0.29, 0.717) is 46.9 Å². The monoisotopic (exact) mass is 434 g/mol. The van der Waals surface area contributed by atoms with E-state index in [1.54, 1.807) is 18.2 Å². The first-order valence-electron chi connectivity index (χ1n) is 10.1. The Balaban J connectivity index is 1.54. The number of fused-ring (bicyclic) bond motifs is 1. The second-order valence-corrected chi connectivity index (χ2v) is 8.08. The molecule has 0 saturated heterocycles. The first-order valence-corrected chi connectivity index (χ1v) is 10.1. The van der Waals surface area contributed by atoms with Crippen LogP contribution in [0.1, 0.15) is 24.5 Å². The van der Waals surface area contributed by atoms with Gasteiger partial charge in [-0.2, -0.15) is 10.1 Å². The molecule has 4 aromatic rings. The van der Waals surface area contributed by atoms with Crippen LogP contribution in [0.4, 0.5) is 14.6 Å². The van der Waals surface area contributed by atoms with Crippen molar-refractivity contribution in [3.05, 3.63) is 59.3 Å². The van der Waals surface area contributed by atoms with Crippen LogP contribution in [0, 0.1) is 11.6 Å². The number of hydrogen-bond acceptors (Lipinski definition) is 6. The quantitative estimate of drug-likeness (QED) is 0.532. The van der Waals surface area contributed by atoms with E-state index in [1.165, 1.54) is 16.8 Å². The van der Waals surface area contributed by atoms with Crippen LogP contribution in [0.3, 0.4) is 0 Å². The highest BCUT2D eigenvalue weighted by molar-refractivity contribution is 6.06. The first-order chi connectivity index (χ1) is 15.4. The lowest BCUT2D eigenvalue weighted by Crippen LogP contribution is -2.35. The molecule has 160 valence electrons. The standard InChI is InChI=1S/C22H16F2N6O2/c1-22-6-7-32-20-15(22)17(28-21(22)31)26-18(27-20)16-13-8-12(23)9-25-19(13)30(29-16)10-11-4-2-3-5-14(11)24/h2-5,8-9H,6-7,10H2,1H3,(H,26,27,28,31)/t22-/m1/s1. The Morgan fingerprint density at radius 1 is 1.25 bits per heavy atom. The summed E-state index contributed by atoms with van der Waals surface area (Å²) in [4.78, 5) is 25.7. The molecule has 0 unspecified atom stereocenters. The molecule has 0 saturated carbocycles. The molecule has 2 aliphatic rings. The predicted octanol–water partition coefficient (Wildman–Crippen LogP) is 3.21. The molecule has 1 N–H and O–H groups in total. The van der Waals surface area contributed by atoms with E-state index in [0.717, 1.165) is 6.20 Å². The summed E-state index contributed by atoms with van der Waals surface area (Å²) in [5, 5.41) is 7.71. The lowest BCUT2D eigenvalue weighted by atomic mass is 9.81. The van der Waals surface area contributed by atoms with Gasteiger partial charge in [0.05, 0.1) is 35.7 Å². The molecule has 0 fully saturated rings. The van der Waals surface area contributed by atoms with Gasteiger partial charge in [-0.05, 0) is 19.1 Å². The van der Waals surface area contributed by atoms with Crippen molar-refractivity contribution in [1.82, 2.24) is 24.7 Å².